The van der Waals surface area contributed by atoms with Gasteiger partial charge in [0.2, 0.25) is 5.95 Å². The second kappa shape index (κ2) is 3.96. The number of amides is 1. The number of rotatable bonds is 2. The van der Waals surface area contributed by atoms with Crippen molar-refractivity contribution in [1.29, 1.82) is 0 Å². The average Bonchev–Trinajstić information content (AvgIpc) is 2.16. The quantitative estimate of drug-likeness (QED) is 0.752. The minimum absolute atomic E-state index is 0.167. The lowest BCUT2D eigenvalue weighted by atomic mass is 9.82. The van der Waals surface area contributed by atoms with Crippen LogP contribution in [0.1, 0.15) is 30.1 Å². The van der Waals surface area contributed by atoms with Crippen LogP contribution in [-0.4, -0.2) is 16.9 Å². The molecule has 0 saturated heterocycles. The number of pyridine rings is 1. The van der Waals surface area contributed by atoms with Crippen molar-refractivity contribution < 1.29 is 9.18 Å². The maximum atomic E-state index is 12.5. The van der Waals surface area contributed by atoms with Crippen LogP contribution in [0.4, 0.5) is 4.39 Å². The lowest BCUT2D eigenvalue weighted by Gasteiger charge is -2.33. The summed E-state index contributed by atoms with van der Waals surface area (Å²) in [5.74, 6) is -0.0372. The molecule has 1 amide bonds. The second-order valence-electron chi connectivity index (χ2n) is 4.12. The van der Waals surface area contributed by atoms with E-state index < -0.39 is 5.95 Å². The zero-order chi connectivity index (χ0) is 10.8. The highest BCUT2D eigenvalue weighted by atomic mass is 19.1. The van der Waals surface area contributed by atoms with Crippen molar-refractivity contribution >= 4 is 5.91 Å². The van der Waals surface area contributed by atoms with Crippen LogP contribution in [-0.2, 0) is 0 Å². The molecule has 15 heavy (non-hydrogen) atoms. The third kappa shape index (κ3) is 2.32. The van der Waals surface area contributed by atoms with Gasteiger partial charge in [-0.1, -0.05) is 6.92 Å². The molecule has 1 aromatic rings. The van der Waals surface area contributed by atoms with Gasteiger partial charge in [0, 0.05) is 12.2 Å². The van der Waals surface area contributed by atoms with Gasteiger partial charge in [0.15, 0.2) is 0 Å². The summed E-state index contributed by atoms with van der Waals surface area (Å²) in [7, 11) is 0. The van der Waals surface area contributed by atoms with Gasteiger partial charge in [0.1, 0.15) is 0 Å². The van der Waals surface area contributed by atoms with Gasteiger partial charge in [0.25, 0.3) is 5.91 Å². The first-order valence-electron chi connectivity index (χ1n) is 5.07. The van der Waals surface area contributed by atoms with Crippen molar-refractivity contribution in [1.82, 2.24) is 10.3 Å². The highest BCUT2D eigenvalue weighted by Gasteiger charge is 2.26. The first kappa shape index (κ1) is 10.1. The van der Waals surface area contributed by atoms with Crippen molar-refractivity contribution in [3.8, 4) is 0 Å². The largest absolute Gasteiger partial charge is 0.349 e. The van der Waals surface area contributed by atoms with E-state index in [9.17, 15) is 9.18 Å². The number of carbonyl (C=O) groups excluding carboxylic acids is 1. The Morgan fingerprint density at radius 3 is 2.80 bits per heavy atom. The Labute approximate surface area is 87.7 Å². The molecule has 2 rings (SSSR count). The molecule has 1 aliphatic carbocycles. The molecule has 0 aliphatic heterocycles. The van der Waals surface area contributed by atoms with Crippen LogP contribution in [0.25, 0.3) is 0 Å². The van der Waals surface area contributed by atoms with Gasteiger partial charge in [-0.3, -0.25) is 4.79 Å². The van der Waals surface area contributed by atoms with E-state index in [1.807, 2.05) is 0 Å². The summed E-state index contributed by atoms with van der Waals surface area (Å²) >= 11 is 0. The Kier molecular flexibility index (Phi) is 2.66. The van der Waals surface area contributed by atoms with Gasteiger partial charge in [-0.2, -0.15) is 4.39 Å². The van der Waals surface area contributed by atoms with E-state index in [0.717, 1.165) is 12.8 Å². The van der Waals surface area contributed by atoms with Gasteiger partial charge in [-0.15, -0.1) is 0 Å². The summed E-state index contributed by atoms with van der Waals surface area (Å²) in [6.45, 7) is 2.15. The van der Waals surface area contributed by atoms with E-state index in [2.05, 4.69) is 17.2 Å². The fourth-order valence-electron chi connectivity index (χ4n) is 1.80. The normalized spacial score (nSPS) is 24.4. The number of halogens is 1. The molecular formula is C11H13FN2O. The molecule has 0 atom stereocenters. The van der Waals surface area contributed by atoms with Crippen LogP contribution < -0.4 is 5.32 Å². The number of hydrogen-bond donors (Lipinski definition) is 1. The molecule has 1 N–H and O–H groups in total. The Bertz CT molecular complexity index is 357. The molecule has 0 unspecified atom stereocenters. The molecule has 0 spiro atoms. The fourth-order valence-corrected chi connectivity index (χ4v) is 1.80. The smallest absolute Gasteiger partial charge is 0.253 e. The number of nitrogens with one attached hydrogen (secondary N) is 1. The van der Waals surface area contributed by atoms with Crippen molar-refractivity contribution in [2.24, 2.45) is 5.92 Å². The van der Waals surface area contributed by atoms with E-state index in [1.165, 1.54) is 18.3 Å². The summed E-state index contributed by atoms with van der Waals surface area (Å²) in [6, 6.07) is 2.91. The van der Waals surface area contributed by atoms with Crippen LogP contribution in [0, 0.1) is 11.9 Å². The molecule has 0 bridgehead atoms. The van der Waals surface area contributed by atoms with E-state index in [-0.39, 0.29) is 11.9 Å². The summed E-state index contributed by atoms with van der Waals surface area (Å²) in [6.07, 6.45) is 3.31. The first-order valence-corrected chi connectivity index (χ1v) is 5.07. The standard InChI is InChI=1S/C11H13FN2O/c1-7-4-9(5-7)14-11(15)8-2-3-10(12)13-6-8/h2-3,6-7,9H,4-5H2,1H3,(H,14,15). The first-order chi connectivity index (χ1) is 7.15. The second-order valence-corrected chi connectivity index (χ2v) is 4.12. The molecule has 1 saturated carbocycles. The maximum absolute atomic E-state index is 12.5. The number of nitrogens with zero attached hydrogens (tertiary/aromatic N) is 1. The monoisotopic (exact) mass is 208 g/mol. The molecule has 1 aliphatic rings. The Balaban J connectivity index is 1.93. The molecule has 3 nitrogen and oxygen atoms in total. The molecule has 0 radical (unpaired) electrons. The van der Waals surface area contributed by atoms with E-state index in [1.54, 1.807) is 0 Å². The van der Waals surface area contributed by atoms with E-state index >= 15 is 0 Å². The third-order valence-corrected chi connectivity index (χ3v) is 2.70. The van der Waals surface area contributed by atoms with Crippen molar-refractivity contribution in [2.75, 3.05) is 0 Å². The zero-order valence-electron chi connectivity index (χ0n) is 8.53. The van der Waals surface area contributed by atoms with Crippen LogP contribution in [0.3, 0.4) is 0 Å². The summed E-state index contributed by atoms with van der Waals surface area (Å²) < 4.78 is 12.5. The van der Waals surface area contributed by atoms with Gasteiger partial charge < -0.3 is 5.32 Å². The molecule has 0 aromatic carbocycles. The molecule has 1 fully saturated rings. The van der Waals surface area contributed by atoms with Gasteiger partial charge in [-0.25, -0.2) is 4.98 Å². The van der Waals surface area contributed by atoms with Crippen LogP contribution in [0.2, 0.25) is 0 Å². The summed E-state index contributed by atoms with van der Waals surface area (Å²) in [5, 5.41) is 2.88. The van der Waals surface area contributed by atoms with E-state index in [0.29, 0.717) is 11.5 Å². The Morgan fingerprint density at radius 2 is 2.27 bits per heavy atom. The highest BCUT2D eigenvalue weighted by Crippen LogP contribution is 2.26. The number of carbonyl (C=O) groups is 1. The van der Waals surface area contributed by atoms with Crippen molar-refractivity contribution in [2.45, 2.75) is 25.8 Å². The Hall–Kier alpha value is -1.45. The van der Waals surface area contributed by atoms with Gasteiger partial charge in [-0.05, 0) is 30.9 Å². The molecule has 1 heterocycles. The predicted molar refractivity (Wildman–Crippen MR) is 53.8 cm³/mol. The molecule has 80 valence electrons. The zero-order valence-corrected chi connectivity index (χ0v) is 8.53. The average molecular weight is 208 g/mol. The number of aromatic nitrogens is 1. The van der Waals surface area contributed by atoms with Gasteiger partial charge in [0.05, 0.1) is 5.56 Å². The van der Waals surface area contributed by atoms with Crippen LogP contribution >= 0.6 is 0 Å². The van der Waals surface area contributed by atoms with Crippen LogP contribution in [0.5, 0.6) is 0 Å². The summed E-state index contributed by atoms with van der Waals surface area (Å²) in [4.78, 5) is 15.0. The fraction of sp³-hybridized carbons (Fsp3) is 0.455. The lowest BCUT2D eigenvalue weighted by molar-refractivity contribution is 0.0895. The Morgan fingerprint density at radius 1 is 1.53 bits per heavy atom. The van der Waals surface area contributed by atoms with Crippen molar-refractivity contribution in [3.05, 3.63) is 29.8 Å². The van der Waals surface area contributed by atoms with Crippen molar-refractivity contribution in [3.63, 3.8) is 0 Å². The minimum atomic E-state index is -0.566. The highest BCUT2D eigenvalue weighted by molar-refractivity contribution is 5.94. The SMILES string of the molecule is CC1CC(NC(=O)c2ccc(F)nc2)C1. The predicted octanol–water partition coefficient (Wildman–Crippen LogP) is 1.75. The number of hydrogen-bond acceptors (Lipinski definition) is 2. The topological polar surface area (TPSA) is 42.0 Å². The molecule has 4 heteroatoms. The molecular weight excluding hydrogens is 195 g/mol. The maximum Gasteiger partial charge on any atom is 0.253 e. The van der Waals surface area contributed by atoms with E-state index in [4.69, 9.17) is 0 Å². The molecule has 1 aromatic heterocycles. The minimum Gasteiger partial charge on any atom is -0.349 e. The summed E-state index contributed by atoms with van der Waals surface area (Å²) in [5.41, 5.74) is 0.413. The lowest BCUT2D eigenvalue weighted by Crippen LogP contribution is -2.43. The van der Waals surface area contributed by atoms with Crippen LogP contribution in [0.15, 0.2) is 18.3 Å². The third-order valence-electron chi connectivity index (χ3n) is 2.70. The van der Waals surface area contributed by atoms with Gasteiger partial charge >= 0.3 is 0 Å².